The average Bonchev–Trinajstić information content (AvgIpc) is 3.52. The van der Waals surface area contributed by atoms with E-state index in [4.69, 9.17) is 4.52 Å². The number of carbonyl (C=O) groups is 2. The quantitative estimate of drug-likeness (QED) is 0.432. The SMILES string of the molecule is Cc1nc(-c2ccc(C)c(N(CC(=O)NCCNC(C)C)CC(=O)N(C)N3C[C@H]4CCCC[C@H]4C3)c2)no1. The smallest absolute Gasteiger partial charge is 0.256 e. The molecule has 208 valence electrons. The van der Waals surface area contributed by atoms with Gasteiger partial charge in [0.05, 0.1) is 13.1 Å². The zero-order chi connectivity index (χ0) is 27.2. The first-order valence-corrected chi connectivity index (χ1v) is 13.9. The second-order valence-corrected chi connectivity index (χ2v) is 11.0. The van der Waals surface area contributed by atoms with Gasteiger partial charge in [0, 0.05) is 57.4 Å². The largest absolute Gasteiger partial charge is 0.353 e. The second kappa shape index (κ2) is 12.7. The number of nitrogens with one attached hydrogen (secondary N) is 2. The van der Waals surface area contributed by atoms with E-state index >= 15 is 0 Å². The summed E-state index contributed by atoms with van der Waals surface area (Å²) in [7, 11) is 1.86. The summed E-state index contributed by atoms with van der Waals surface area (Å²) < 4.78 is 5.17. The van der Waals surface area contributed by atoms with Crippen LogP contribution in [0.1, 0.15) is 51.0 Å². The molecule has 2 N–H and O–H groups in total. The number of benzene rings is 1. The van der Waals surface area contributed by atoms with E-state index in [0.29, 0.717) is 42.7 Å². The van der Waals surface area contributed by atoms with Gasteiger partial charge in [0.25, 0.3) is 5.91 Å². The molecule has 1 saturated carbocycles. The molecule has 2 amide bonds. The number of carbonyl (C=O) groups excluding carboxylic acids is 2. The molecule has 38 heavy (non-hydrogen) atoms. The predicted molar refractivity (Wildman–Crippen MR) is 147 cm³/mol. The summed E-state index contributed by atoms with van der Waals surface area (Å²) in [6.45, 7) is 11.1. The first-order valence-electron chi connectivity index (χ1n) is 13.9. The zero-order valence-corrected chi connectivity index (χ0v) is 23.5. The van der Waals surface area contributed by atoms with E-state index < -0.39 is 0 Å². The highest BCUT2D eigenvalue weighted by molar-refractivity contribution is 5.87. The molecule has 1 aromatic carbocycles. The molecule has 1 aliphatic heterocycles. The molecule has 0 radical (unpaired) electrons. The third-order valence-corrected chi connectivity index (χ3v) is 7.74. The van der Waals surface area contributed by atoms with Crippen LogP contribution in [0.3, 0.4) is 0 Å². The summed E-state index contributed by atoms with van der Waals surface area (Å²) in [5.41, 5.74) is 2.54. The van der Waals surface area contributed by atoms with Crippen molar-refractivity contribution in [1.82, 2.24) is 30.8 Å². The van der Waals surface area contributed by atoms with Crippen LogP contribution in [0.15, 0.2) is 22.7 Å². The summed E-state index contributed by atoms with van der Waals surface area (Å²) >= 11 is 0. The van der Waals surface area contributed by atoms with Gasteiger partial charge >= 0.3 is 0 Å². The molecule has 10 heteroatoms. The van der Waals surface area contributed by atoms with Crippen LogP contribution in [0.25, 0.3) is 11.4 Å². The molecule has 0 bridgehead atoms. The van der Waals surface area contributed by atoms with E-state index in [1.54, 1.807) is 11.9 Å². The van der Waals surface area contributed by atoms with Crippen LogP contribution in [-0.2, 0) is 9.59 Å². The summed E-state index contributed by atoms with van der Waals surface area (Å²) in [5.74, 6) is 2.17. The highest BCUT2D eigenvalue weighted by Crippen LogP contribution is 2.36. The van der Waals surface area contributed by atoms with Gasteiger partial charge < -0.3 is 20.1 Å². The molecule has 4 rings (SSSR count). The predicted octanol–water partition coefficient (Wildman–Crippen LogP) is 2.77. The number of anilines is 1. The Morgan fingerprint density at radius 3 is 2.45 bits per heavy atom. The highest BCUT2D eigenvalue weighted by atomic mass is 16.5. The Bertz CT molecular complexity index is 1090. The summed E-state index contributed by atoms with van der Waals surface area (Å²) in [4.78, 5) is 32.7. The van der Waals surface area contributed by atoms with Gasteiger partial charge in [-0.15, -0.1) is 0 Å². The normalized spacial score (nSPS) is 19.4. The van der Waals surface area contributed by atoms with Gasteiger partial charge in [-0.1, -0.05) is 44.0 Å². The molecule has 2 heterocycles. The molecule has 2 atom stereocenters. The van der Waals surface area contributed by atoms with Crippen LogP contribution in [0.2, 0.25) is 0 Å². The minimum absolute atomic E-state index is 0.0295. The van der Waals surface area contributed by atoms with E-state index in [1.165, 1.54) is 25.7 Å². The Hall–Kier alpha value is -2.98. The van der Waals surface area contributed by atoms with Gasteiger partial charge in [0.2, 0.25) is 17.6 Å². The second-order valence-electron chi connectivity index (χ2n) is 11.0. The number of aryl methyl sites for hydroxylation is 2. The molecule has 2 aromatic rings. The molecule has 10 nitrogen and oxygen atoms in total. The fraction of sp³-hybridized carbons (Fsp3) is 0.643. The standard InChI is InChI=1S/C28H43N7O3/c1-19(2)29-12-13-30-26(36)17-34(25-14-22(11-10-20(25)3)28-31-21(4)38-32-28)18-27(37)33(5)35-15-23-8-6-7-9-24(23)16-35/h10-11,14,19,23-24,29H,6-9,12-13,15-18H2,1-5H3,(H,30,36)/t23-,24+. The number of hydrazine groups is 1. The topological polar surface area (TPSA) is 107 Å². The Morgan fingerprint density at radius 2 is 1.82 bits per heavy atom. The molecule has 1 aromatic heterocycles. The number of fused-ring (bicyclic) bond motifs is 1. The molecular formula is C28H43N7O3. The van der Waals surface area contributed by atoms with Crippen LogP contribution < -0.4 is 15.5 Å². The van der Waals surface area contributed by atoms with Crippen molar-refractivity contribution < 1.29 is 14.1 Å². The lowest BCUT2D eigenvalue weighted by Crippen LogP contribution is -2.49. The van der Waals surface area contributed by atoms with Crippen LogP contribution in [0, 0.1) is 25.7 Å². The monoisotopic (exact) mass is 525 g/mol. The Balaban J connectivity index is 1.50. The number of nitrogens with zero attached hydrogens (tertiary/aromatic N) is 5. The number of rotatable bonds is 11. The van der Waals surface area contributed by atoms with Crippen molar-refractivity contribution in [2.45, 2.75) is 59.4 Å². The van der Waals surface area contributed by atoms with E-state index in [0.717, 1.165) is 29.9 Å². The summed E-state index contributed by atoms with van der Waals surface area (Å²) in [5, 5.41) is 14.3. The van der Waals surface area contributed by atoms with Gasteiger partial charge in [-0.25, -0.2) is 5.01 Å². The van der Waals surface area contributed by atoms with Crippen LogP contribution in [-0.4, -0.2) is 84.3 Å². The molecule has 1 aliphatic carbocycles. The fourth-order valence-corrected chi connectivity index (χ4v) is 5.57. The number of hydrogen-bond donors (Lipinski definition) is 2. The van der Waals surface area contributed by atoms with Gasteiger partial charge in [-0.3, -0.25) is 14.6 Å². The number of hydrogen-bond acceptors (Lipinski definition) is 8. The molecule has 0 spiro atoms. The highest BCUT2D eigenvalue weighted by Gasteiger charge is 2.37. The van der Waals surface area contributed by atoms with Gasteiger partial charge in [-0.05, 0) is 43.2 Å². The van der Waals surface area contributed by atoms with Crippen molar-refractivity contribution >= 4 is 17.5 Å². The number of likely N-dealkylation sites (N-methyl/N-ethyl adjacent to an activating group) is 1. The van der Waals surface area contributed by atoms with E-state index in [-0.39, 0.29) is 24.9 Å². The van der Waals surface area contributed by atoms with Crippen LogP contribution in [0.5, 0.6) is 0 Å². The Kier molecular flexibility index (Phi) is 9.38. The molecule has 1 saturated heterocycles. The van der Waals surface area contributed by atoms with Gasteiger partial charge in [0.15, 0.2) is 0 Å². The number of aromatic nitrogens is 2. The van der Waals surface area contributed by atoms with Crippen molar-refractivity contribution in [3.05, 3.63) is 29.7 Å². The van der Waals surface area contributed by atoms with Crippen molar-refractivity contribution in [2.24, 2.45) is 11.8 Å². The molecular weight excluding hydrogens is 482 g/mol. The summed E-state index contributed by atoms with van der Waals surface area (Å²) in [6.07, 6.45) is 5.08. The first kappa shape index (κ1) is 28.0. The zero-order valence-electron chi connectivity index (χ0n) is 23.5. The van der Waals surface area contributed by atoms with E-state index in [2.05, 4.69) is 39.6 Å². The van der Waals surface area contributed by atoms with Crippen molar-refractivity contribution in [3.8, 4) is 11.4 Å². The van der Waals surface area contributed by atoms with Crippen molar-refractivity contribution in [2.75, 3.05) is 51.2 Å². The Morgan fingerprint density at radius 1 is 1.11 bits per heavy atom. The first-order chi connectivity index (χ1) is 18.2. The maximum Gasteiger partial charge on any atom is 0.256 e. The lowest BCUT2D eigenvalue weighted by molar-refractivity contribution is -0.142. The minimum atomic E-state index is -0.126. The van der Waals surface area contributed by atoms with Gasteiger partial charge in [0.1, 0.15) is 0 Å². The maximum absolute atomic E-state index is 13.6. The lowest BCUT2D eigenvalue weighted by Gasteiger charge is -2.32. The molecule has 2 fully saturated rings. The number of amides is 2. The van der Waals surface area contributed by atoms with Crippen molar-refractivity contribution in [1.29, 1.82) is 0 Å². The Labute approximate surface area is 226 Å². The molecule has 0 unspecified atom stereocenters. The minimum Gasteiger partial charge on any atom is -0.353 e. The van der Waals surface area contributed by atoms with Crippen molar-refractivity contribution in [3.63, 3.8) is 0 Å². The maximum atomic E-state index is 13.6. The van der Waals surface area contributed by atoms with Crippen LogP contribution in [0.4, 0.5) is 5.69 Å². The lowest BCUT2D eigenvalue weighted by atomic mass is 9.82. The molecule has 2 aliphatic rings. The van der Waals surface area contributed by atoms with Gasteiger partial charge in [-0.2, -0.15) is 4.98 Å². The van der Waals surface area contributed by atoms with E-state index in [1.807, 2.05) is 37.1 Å². The van der Waals surface area contributed by atoms with E-state index in [9.17, 15) is 9.59 Å². The fourth-order valence-electron chi connectivity index (χ4n) is 5.57. The third-order valence-electron chi connectivity index (χ3n) is 7.74. The third kappa shape index (κ3) is 7.11. The average molecular weight is 526 g/mol. The van der Waals surface area contributed by atoms with Crippen LogP contribution >= 0.6 is 0 Å². The summed E-state index contributed by atoms with van der Waals surface area (Å²) in [6, 6.07) is 6.18.